The fourth-order valence-electron chi connectivity index (χ4n) is 2.14. The third-order valence-electron chi connectivity index (χ3n) is 3.32. The van der Waals surface area contributed by atoms with E-state index in [1.165, 1.54) is 0 Å². The van der Waals surface area contributed by atoms with Crippen molar-refractivity contribution in [1.82, 2.24) is 0 Å². The van der Waals surface area contributed by atoms with E-state index in [4.69, 9.17) is 9.15 Å². The normalized spacial score (nSPS) is 10.8. The third-order valence-corrected chi connectivity index (χ3v) is 4.24. The Labute approximate surface area is 130 Å². The molecule has 0 N–H and O–H groups in total. The van der Waals surface area contributed by atoms with Crippen LogP contribution >= 0.6 is 15.9 Å². The first-order valence-electron chi connectivity index (χ1n) is 6.55. The first-order chi connectivity index (χ1) is 10.1. The second-order valence-electron chi connectivity index (χ2n) is 4.76. The quantitative estimate of drug-likeness (QED) is 0.659. The van der Waals surface area contributed by atoms with Crippen LogP contribution in [0.25, 0.3) is 11.0 Å². The van der Waals surface area contributed by atoms with Gasteiger partial charge in [-0.1, -0.05) is 30.3 Å². The lowest BCUT2D eigenvalue weighted by Gasteiger charge is -2.08. The molecule has 1 aromatic heterocycles. The van der Waals surface area contributed by atoms with Gasteiger partial charge in [0.2, 0.25) is 0 Å². The molecule has 0 unspecified atom stereocenters. The summed E-state index contributed by atoms with van der Waals surface area (Å²) in [5.74, 6) is 0.677. The number of hydrogen-bond acceptors (Lipinski definition) is 3. The van der Waals surface area contributed by atoms with E-state index in [-0.39, 0.29) is 5.63 Å². The van der Waals surface area contributed by atoms with Gasteiger partial charge >= 0.3 is 5.63 Å². The lowest BCUT2D eigenvalue weighted by atomic mass is 10.1. The Hall–Kier alpha value is -2.07. The van der Waals surface area contributed by atoms with E-state index in [2.05, 4.69) is 15.9 Å². The Kier molecular flexibility index (Phi) is 3.80. The molecule has 0 aliphatic rings. The van der Waals surface area contributed by atoms with E-state index in [0.29, 0.717) is 22.4 Å². The number of aryl methyl sites for hydroxylation is 1. The third kappa shape index (κ3) is 2.85. The van der Waals surface area contributed by atoms with E-state index in [9.17, 15) is 4.79 Å². The maximum Gasteiger partial charge on any atom is 0.350 e. The molecule has 3 nitrogen and oxygen atoms in total. The van der Waals surface area contributed by atoms with Crippen LogP contribution in [0.5, 0.6) is 5.75 Å². The van der Waals surface area contributed by atoms with Crippen molar-refractivity contribution in [3.05, 3.63) is 74.6 Å². The van der Waals surface area contributed by atoms with Gasteiger partial charge < -0.3 is 9.15 Å². The molecule has 21 heavy (non-hydrogen) atoms. The van der Waals surface area contributed by atoms with Crippen LogP contribution < -0.4 is 10.4 Å². The highest BCUT2D eigenvalue weighted by atomic mass is 79.9. The summed E-state index contributed by atoms with van der Waals surface area (Å²) in [5.41, 5.74) is 2.12. The van der Waals surface area contributed by atoms with Crippen LogP contribution in [0.3, 0.4) is 0 Å². The summed E-state index contributed by atoms with van der Waals surface area (Å²) in [5, 5.41) is 0.897. The summed E-state index contributed by atoms with van der Waals surface area (Å²) in [6, 6.07) is 15.4. The SMILES string of the molecule is Cc1c(Br)c(=O)oc2cc(OCc3ccccc3)ccc12. The van der Waals surface area contributed by atoms with E-state index in [0.717, 1.165) is 16.5 Å². The standard InChI is InChI=1S/C17H13BrO3/c1-11-14-8-7-13(9-15(14)21-17(19)16(11)18)20-10-12-5-3-2-4-6-12/h2-9H,10H2,1H3. The largest absolute Gasteiger partial charge is 0.489 e. The smallest absolute Gasteiger partial charge is 0.350 e. The minimum absolute atomic E-state index is 0.375. The van der Waals surface area contributed by atoms with Crippen LogP contribution in [-0.2, 0) is 6.61 Å². The molecule has 0 aliphatic carbocycles. The summed E-state index contributed by atoms with van der Waals surface area (Å²) in [6.45, 7) is 2.36. The Morgan fingerprint density at radius 1 is 1.14 bits per heavy atom. The molecule has 0 fully saturated rings. The van der Waals surface area contributed by atoms with Gasteiger partial charge in [0.1, 0.15) is 22.4 Å². The van der Waals surface area contributed by atoms with Crippen LogP contribution in [0.1, 0.15) is 11.1 Å². The highest BCUT2D eigenvalue weighted by Crippen LogP contribution is 2.26. The maximum atomic E-state index is 11.7. The fourth-order valence-corrected chi connectivity index (χ4v) is 2.44. The molecule has 2 aromatic carbocycles. The molecular weight excluding hydrogens is 332 g/mol. The number of benzene rings is 2. The number of rotatable bonds is 3. The molecule has 0 saturated carbocycles. The van der Waals surface area contributed by atoms with Crippen molar-refractivity contribution in [1.29, 1.82) is 0 Å². The number of halogens is 1. The molecule has 3 aromatic rings. The predicted molar refractivity (Wildman–Crippen MR) is 85.7 cm³/mol. The van der Waals surface area contributed by atoms with E-state index in [1.54, 1.807) is 6.07 Å². The Balaban J connectivity index is 1.91. The van der Waals surface area contributed by atoms with Gasteiger partial charge in [-0.3, -0.25) is 0 Å². The molecule has 0 aliphatic heterocycles. The van der Waals surface area contributed by atoms with Crippen LogP contribution in [0.15, 0.2) is 62.2 Å². The highest BCUT2D eigenvalue weighted by molar-refractivity contribution is 9.10. The molecule has 0 amide bonds. The summed E-state index contributed by atoms with van der Waals surface area (Å²) < 4.78 is 11.5. The molecule has 4 heteroatoms. The van der Waals surface area contributed by atoms with E-state index < -0.39 is 0 Å². The summed E-state index contributed by atoms with van der Waals surface area (Å²) in [4.78, 5) is 11.7. The van der Waals surface area contributed by atoms with Crippen molar-refractivity contribution in [2.45, 2.75) is 13.5 Å². The first kappa shape index (κ1) is 13.9. The zero-order valence-corrected chi connectivity index (χ0v) is 13.0. The molecule has 3 rings (SSSR count). The van der Waals surface area contributed by atoms with Crippen molar-refractivity contribution in [3.8, 4) is 5.75 Å². The first-order valence-corrected chi connectivity index (χ1v) is 7.34. The minimum Gasteiger partial charge on any atom is -0.489 e. The Bertz CT molecular complexity index is 838. The Morgan fingerprint density at radius 2 is 1.90 bits per heavy atom. The van der Waals surface area contributed by atoms with Gasteiger partial charge in [-0.2, -0.15) is 0 Å². The summed E-state index contributed by atoms with van der Waals surface area (Å²) >= 11 is 3.24. The predicted octanol–water partition coefficient (Wildman–Crippen LogP) is 4.44. The van der Waals surface area contributed by atoms with Crippen LogP contribution in [-0.4, -0.2) is 0 Å². The number of fused-ring (bicyclic) bond motifs is 1. The molecule has 0 bridgehead atoms. The number of ether oxygens (including phenoxy) is 1. The lowest BCUT2D eigenvalue weighted by Crippen LogP contribution is -2.02. The van der Waals surface area contributed by atoms with Crippen LogP contribution in [0, 0.1) is 6.92 Å². The van der Waals surface area contributed by atoms with Gasteiger partial charge in [0.05, 0.1) is 0 Å². The zero-order valence-electron chi connectivity index (χ0n) is 11.4. The topological polar surface area (TPSA) is 39.4 Å². The fraction of sp³-hybridized carbons (Fsp3) is 0.118. The van der Waals surface area contributed by atoms with Crippen molar-refractivity contribution in [2.24, 2.45) is 0 Å². The Morgan fingerprint density at radius 3 is 2.67 bits per heavy atom. The second-order valence-corrected chi connectivity index (χ2v) is 5.55. The van der Waals surface area contributed by atoms with Gasteiger partial charge in [0.15, 0.2) is 0 Å². The zero-order chi connectivity index (χ0) is 14.8. The highest BCUT2D eigenvalue weighted by Gasteiger charge is 2.09. The number of hydrogen-bond donors (Lipinski definition) is 0. The van der Waals surface area contributed by atoms with E-state index >= 15 is 0 Å². The average Bonchev–Trinajstić information content (AvgIpc) is 2.51. The molecule has 0 radical (unpaired) electrons. The van der Waals surface area contributed by atoms with E-state index in [1.807, 2.05) is 49.4 Å². The molecular formula is C17H13BrO3. The summed E-state index contributed by atoms with van der Waals surface area (Å²) in [7, 11) is 0. The van der Waals surface area contributed by atoms with Crippen molar-refractivity contribution in [2.75, 3.05) is 0 Å². The monoisotopic (exact) mass is 344 g/mol. The van der Waals surface area contributed by atoms with Gasteiger partial charge in [-0.25, -0.2) is 4.79 Å². The van der Waals surface area contributed by atoms with Gasteiger partial charge in [-0.15, -0.1) is 0 Å². The van der Waals surface area contributed by atoms with Gasteiger partial charge in [-0.05, 0) is 46.1 Å². The van der Waals surface area contributed by atoms with Crippen LogP contribution in [0.4, 0.5) is 0 Å². The van der Waals surface area contributed by atoms with Crippen molar-refractivity contribution >= 4 is 26.9 Å². The summed E-state index contributed by atoms with van der Waals surface area (Å²) in [6.07, 6.45) is 0. The maximum absolute atomic E-state index is 11.7. The van der Waals surface area contributed by atoms with Gasteiger partial charge in [0.25, 0.3) is 0 Å². The molecule has 1 heterocycles. The molecule has 0 saturated heterocycles. The van der Waals surface area contributed by atoms with Gasteiger partial charge in [0, 0.05) is 11.5 Å². The molecule has 106 valence electrons. The lowest BCUT2D eigenvalue weighted by molar-refractivity contribution is 0.306. The molecule has 0 spiro atoms. The minimum atomic E-state index is -0.375. The van der Waals surface area contributed by atoms with Crippen molar-refractivity contribution in [3.63, 3.8) is 0 Å². The second kappa shape index (κ2) is 5.74. The van der Waals surface area contributed by atoms with Crippen molar-refractivity contribution < 1.29 is 9.15 Å². The average molecular weight is 345 g/mol. The molecule has 0 atom stereocenters. The van der Waals surface area contributed by atoms with Crippen LogP contribution in [0.2, 0.25) is 0 Å².